The molecule has 6 heteroatoms. The molecule has 1 aliphatic rings. The Morgan fingerprint density at radius 2 is 2.05 bits per heavy atom. The first-order chi connectivity index (χ1) is 9.97. The molecule has 0 amide bonds. The summed E-state index contributed by atoms with van der Waals surface area (Å²) in [5.74, 6) is -0.773. The molecule has 1 saturated heterocycles. The Balaban J connectivity index is 1.78. The van der Waals surface area contributed by atoms with Crippen LogP contribution in [0.15, 0.2) is 18.2 Å². The van der Waals surface area contributed by atoms with Crippen LogP contribution in [-0.4, -0.2) is 41.2 Å². The molecule has 0 bridgehead atoms. The van der Waals surface area contributed by atoms with E-state index in [1.54, 1.807) is 13.0 Å². The Kier molecular flexibility index (Phi) is 5.88. The standard InChI is InChI=1S/C15H19Cl2NO3/c1-10(15(19)20)18-6-4-12(5-7-18)21-9-11-2-3-13(16)14(17)8-11/h2-3,8,10,12H,4-7,9H2,1H3,(H,19,20). The number of halogens is 2. The van der Waals surface area contributed by atoms with E-state index >= 15 is 0 Å². The lowest BCUT2D eigenvalue weighted by Crippen LogP contribution is -2.45. The van der Waals surface area contributed by atoms with Gasteiger partial charge in [-0.05, 0) is 37.5 Å². The quantitative estimate of drug-likeness (QED) is 0.897. The first-order valence-electron chi connectivity index (χ1n) is 6.99. The van der Waals surface area contributed by atoms with E-state index in [4.69, 9.17) is 33.0 Å². The van der Waals surface area contributed by atoms with Gasteiger partial charge in [0.05, 0.1) is 22.8 Å². The van der Waals surface area contributed by atoms with Crippen molar-refractivity contribution in [2.45, 2.75) is 38.5 Å². The number of rotatable bonds is 5. The second kappa shape index (κ2) is 7.45. The molecule has 1 aromatic carbocycles. The van der Waals surface area contributed by atoms with Crippen molar-refractivity contribution in [2.24, 2.45) is 0 Å². The van der Waals surface area contributed by atoms with Gasteiger partial charge in [-0.3, -0.25) is 9.69 Å². The fourth-order valence-corrected chi connectivity index (χ4v) is 2.75. The minimum atomic E-state index is -0.773. The number of likely N-dealkylation sites (tertiary alicyclic amines) is 1. The van der Waals surface area contributed by atoms with E-state index < -0.39 is 12.0 Å². The molecule has 1 N–H and O–H groups in total. The number of carboxylic acid groups (broad SMARTS) is 1. The minimum Gasteiger partial charge on any atom is -0.480 e. The molecule has 0 aromatic heterocycles. The van der Waals surface area contributed by atoms with Crippen molar-refractivity contribution in [1.29, 1.82) is 0 Å². The third kappa shape index (κ3) is 4.58. The summed E-state index contributed by atoms with van der Waals surface area (Å²) in [7, 11) is 0. The van der Waals surface area contributed by atoms with Crippen molar-refractivity contribution in [2.75, 3.05) is 13.1 Å². The summed E-state index contributed by atoms with van der Waals surface area (Å²) >= 11 is 11.8. The Morgan fingerprint density at radius 1 is 1.38 bits per heavy atom. The molecule has 116 valence electrons. The summed E-state index contributed by atoms with van der Waals surface area (Å²) in [6, 6.07) is 5.04. The van der Waals surface area contributed by atoms with E-state index in [9.17, 15) is 4.79 Å². The number of piperidine rings is 1. The summed E-state index contributed by atoms with van der Waals surface area (Å²) in [4.78, 5) is 12.9. The van der Waals surface area contributed by atoms with Crippen LogP contribution in [0.2, 0.25) is 10.0 Å². The van der Waals surface area contributed by atoms with Gasteiger partial charge >= 0.3 is 5.97 Å². The normalized spacial score (nSPS) is 18.6. The van der Waals surface area contributed by atoms with Gasteiger partial charge in [0, 0.05) is 13.1 Å². The van der Waals surface area contributed by atoms with Crippen molar-refractivity contribution in [1.82, 2.24) is 4.90 Å². The smallest absolute Gasteiger partial charge is 0.320 e. The molecular formula is C15H19Cl2NO3. The van der Waals surface area contributed by atoms with Crippen molar-refractivity contribution in [3.8, 4) is 0 Å². The van der Waals surface area contributed by atoms with Gasteiger partial charge in [-0.2, -0.15) is 0 Å². The Labute approximate surface area is 134 Å². The zero-order chi connectivity index (χ0) is 15.4. The van der Waals surface area contributed by atoms with E-state index in [1.165, 1.54) is 0 Å². The van der Waals surface area contributed by atoms with Crippen LogP contribution in [-0.2, 0) is 16.1 Å². The number of nitrogens with zero attached hydrogens (tertiary/aromatic N) is 1. The second-order valence-electron chi connectivity index (χ2n) is 5.31. The lowest BCUT2D eigenvalue weighted by atomic mass is 10.1. The first kappa shape index (κ1) is 16.6. The van der Waals surface area contributed by atoms with Gasteiger partial charge in [0.2, 0.25) is 0 Å². The molecule has 1 unspecified atom stereocenters. The summed E-state index contributed by atoms with van der Waals surface area (Å²) in [5.41, 5.74) is 0.991. The lowest BCUT2D eigenvalue weighted by molar-refractivity contribution is -0.143. The second-order valence-corrected chi connectivity index (χ2v) is 6.12. The number of ether oxygens (including phenoxy) is 1. The number of hydrogen-bond acceptors (Lipinski definition) is 3. The summed E-state index contributed by atoms with van der Waals surface area (Å²) in [6.45, 7) is 3.72. The van der Waals surface area contributed by atoms with Gasteiger partial charge < -0.3 is 9.84 Å². The van der Waals surface area contributed by atoms with Crippen LogP contribution >= 0.6 is 23.2 Å². The van der Waals surface area contributed by atoms with Crippen molar-refractivity contribution in [3.05, 3.63) is 33.8 Å². The third-order valence-electron chi connectivity index (χ3n) is 3.85. The number of carbonyl (C=O) groups is 1. The molecule has 1 aromatic rings. The number of aliphatic carboxylic acids is 1. The van der Waals surface area contributed by atoms with E-state index in [0.717, 1.165) is 31.5 Å². The van der Waals surface area contributed by atoms with Crippen molar-refractivity contribution in [3.63, 3.8) is 0 Å². The fraction of sp³-hybridized carbons (Fsp3) is 0.533. The maximum Gasteiger partial charge on any atom is 0.320 e. The Morgan fingerprint density at radius 3 is 2.62 bits per heavy atom. The number of hydrogen-bond donors (Lipinski definition) is 1. The molecule has 1 heterocycles. The molecule has 0 saturated carbocycles. The van der Waals surface area contributed by atoms with Crippen molar-refractivity contribution >= 4 is 29.2 Å². The molecule has 1 atom stereocenters. The first-order valence-corrected chi connectivity index (χ1v) is 7.75. The third-order valence-corrected chi connectivity index (χ3v) is 4.59. The summed E-state index contributed by atoms with van der Waals surface area (Å²) in [6.07, 6.45) is 1.86. The van der Waals surface area contributed by atoms with E-state index in [2.05, 4.69) is 0 Å². The van der Waals surface area contributed by atoms with Crippen LogP contribution in [0.3, 0.4) is 0 Å². The summed E-state index contributed by atoms with van der Waals surface area (Å²) in [5, 5.41) is 10.1. The van der Waals surface area contributed by atoms with E-state index in [1.807, 2.05) is 17.0 Å². The maximum atomic E-state index is 11.0. The fourth-order valence-electron chi connectivity index (χ4n) is 2.43. The van der Waals surface area contributed by atoms with Crippen LogP contribution in [0, 0.1) is 0 Å². The lowest BCUT2D eigenvalue weighted by Gasteiger charge is -2.34. The van der Waals surface area contributed by atoms with Gasteiger partial charge in [0.15, 0.2) is 0 Å². The van der Waals surface area contributed by atoms with Crippen LogP contribution in [0.25, 0.3) is 0 Å². The molecule has 21 heavy (non-hydrogen) atoms. The summed E-state index contributed by atoms with van der Waals surface area (Å²) < 4.78 is 5.88. The van der Waals surface area contributed by atoms with Gasteiger partial charge in [-0.1, -0.05) is 29.3 Å². The Bertz CT molecular complexity index is 502. The van der Waals surface area contributed by atoms with Gasteiger partial charge in [-0.15, -0.1) is 0 Å². The highest BCUT2D eigenvalue weighted by molar-refractivity contribution is 6.42. The molecule has 2 rings (SSSR count). The topological polar surface area (TPSA) is 49.8 Å². The monoisotopic (exact) mass is 331 g/mol. The van der Waals surface area contributed by atoms with E-state index in [0.29, 0.717) is 16.7 Å². The number of carboxylic acids is 1. The van der Waals surface area contributed by atoms with Crippen molar-refractivity contribution < 1.29 is 14.6 Å². The predicted octanol–water partition coefficient (Wildman–Crippen LogP) is 3.45. The van der Waals surface area contributed by atoms with Gasteiger partial charge in [-0.25, -0.2) is 0 Å². The maximum absolute atomic E-state index is 11.0. The minimum absolute atomic E-state index is 0.164. The average Bonchev–Trinajstić information content (AvgIpc) is 2.48. The van der Waals surface area contributed by atoms with Crippen LogP contribution in [0.1, 0.15) is 25.3 Å². The molecular weight excluding hydrogens is 313 g/mol. The zero-order valence-electron chi connectivity index (χ0n) is 11.9. The average molecular weight is 332 g/mol. The molecule has 0 spiro atoms. The van der Waals surface area contributed by atoms with Gasteiger partial charge in [0.1, 0.15) is 6.04 Å². The van der Waals surface area contributed by atoms with Crippen LogP contribution in [0.5, 0.6) is 0 Å². The molecule has 1 aliphatic heterocycles. The van der Waals surface area contributed by atoms with E-state index in [-0.39, 0.29) is 6.10 Å². The predicted molar refractivity (Wildman–Crippen MR) is 82.9 cm³/mol. The highest BCUT2D eigenvalue weighted by Gasteiger charge is 2.26. The Hall–Kier alpha value is -0.810. The molecule has 4 nitrogen and oxygen atoms in total. The largest absolute Gasteiger partial charge is 0.480 e. The van der Waals surface area contributed by atoms with Crippen LogP contribution < -0.4 is 0 Å². The molecule has 0 radical (unpaired) electrons. The zero-order valence-corrected chi connectivity index (χ0v) is 13.4. The van der Waals surface area contributed by atoms with Gasteiger partial charge in [0.25, 0.3) is 0 Å². The SMILES string of the molecule is CC(C(=O)O)N1CCC(OCc2ccc(Cl)c(Cl)c2)CC1. The highest BCUT2D eigenvalue weighted by Crippen LogP contribution is 2.24. The van der Waals surface area contributed by atoms with Crippen LogP contribution in [0.4, 0.5) is 0 Å². The number of benzene rings is 1. The molecule has 1 fully saturated rings. The molecule has 0 aliphatic carbocycles. The highest BCUT2D eigenvalue weighted by atomic mass is 35.5.